The first kappa shape index (κ1) is 16.9. The number of aryl methyl sites for hydroxylation is 2. The lowest BCUT2D eigenvalue weighted by molar-refractivity contribution is 0.572. The molecule has 0 unspecified atom stereocenters. The first-order valence-electron chi connectivity index (χ1n) is 7.36. The van der Waals surface area contributed by atoms with Crippen molar-refractivity contribution in [3.8, 4) is 0 Å². The molecule has 0 spiro atoms. The Bertz CT molecular complexity index is 971. The minimum absolute atomic E-state index is 0.103. The topological polar surface area (TPSA) is 79.6 Å². The Labute approximate surface area is 145 Å². The average Bonchev–Trinajstić information content (AvgIpc) is 2.99. The number of imidazole rings is 1. The molecule has 0 aliphatic heterocycles. The van der Waals surface area contributed by atoms with Crippen molar-refractivity contribution < 1.29 is 8.42 Å². The fraction of sp³-hybridized carbons (Fsp3) is 0.333. The van der Waals surface area contributed by atoms with E-state index in [1.54, 1.807) is 6.92 Å². The molecule has 2 heterocycles. The summed E-state index contributed by atoms with van der Waals surface area (Å²) in [5, 5.41) is 5.11. The van der Waals surface area contributed by atoms with E-state index < -0.39 is 10.0 Å². The number of nitrogens with zero attached hydrogens (tertiary/aromatic N) is 4. The van der Waals surface area contributed by atoms with Crippen LogP contribution in [0.1, 0.15) is 16.3 Å². The molecule has 0 fully saturated rings. The Hall–Kier alpha value is -1.97. The molecule has 0 amide bonds. The number of benzene rings is 1. The van der Waals surface area contributed by atoms with Crippen LogP contribution < -0.4 is 9.62 Å². The van der Waals surface area contributed by atoms with E-state index in [2.05, 4.69) is 14.8 Å². The third-order valence-corrected chi connectivity index (χ3v) is 5.93. The minimum atomic E-state index is -3.70. The highest BCUT2D eigenvalue weighted by molar-refractivity contribution is 7.89. The molecule has 24 heavy (non-hydrogen) atoms. The van der Waals surface area contributed by atoms with E-state index in [9.17, 15) is 8.42 Å². The van der Waals surface area contributed by atoms with Crippen LogP contribution >= 0.6 is 11.3 Å². The summed E-state index contributed by atoms with van der Waals surface area (Å²) in [7, 11) is 0.218. The fourth-order valence-electron chi connectivity index (χ4n) is 2.39. The van der Waals surface area contributed by atoms with E-state index in [0.29, 0.717) is 10.7 Å². The van der Waals surface area contributed by atoms with Crippen LogP contribution in [0.4, 0.5) is 5.69 Å². The molecular formula is C15H19N5O2S2. The number of nitrogens with one attached hydrogen (secondary N) is 1. The standard InChI is InChI=1S/C15H19N5O2S2/c1-10-14(20-15(17-10)23-11(2)18-20)24(21,22)16-9-12-5-7-13(8-6-12)19(3)4/h5-8,16H,9H2,1-4H3. The Kier molecular flexibility index (Phi) is 4.33. The number of hydrogen-bond acceptors (Lipinski definition) is 6. The number of sulfonamides is 1. The summed E-state index contributed by atoms with van der Waals surface area (Å²) < 4.78 is 29.4. The normalized spacial score (nSPS) is 12.0. The summed E-state index contributed by atoms with van der Waals surface area (Å²) in [4.78, 5) is 6.86. The zero-order chi connectivity index (χ0) is 17.5. The van der Waals surface area contributed by atoms with Gasteiger partial charge in [-0.2, -0.15) is 9.61 Å². The molecule has 0 aliphatic carbocycles. The Balaban J connectivity index is 1.84. The second-order valence-corrected chi connectivity index (χ2v) is 8.55. The van der Waals surface area contributed by atoms with Crippen LogP contribution in [0.15, 0.2) is 29.3 Å². The minimum Gasteiger partial charge on any atom is -0.378 e. The van der Waals surface area contributed by atoms with Crippen LogP contribution in [0, 0.1) is 13.8 Å². The molecule has 0 saturated carbocycles. The van der Waals surface area contributed by atoms with Gasteiger partial charge in [0, 0.05) is 26.3 Å². The van der Waals surface area contributed by atoms with Crippen LogP contribution in [0.5, 0.6) is 0 Å². The third kappa shape index (κ3) is 3.14. The second kappa shape index (κ2) is 6.15. The molecule has 0 saturated heterocycles. The van der Waals surface area contributed by atoms with Crippen LogP contribution in [0.3, 0.4) is 0 Å². The highest BCUT2D eigenvalue weighted by Crippen LogP contribution is 2.22. The van der Waals surface area contributed by atoms with Gasteiger partial charge in [-0.05, 0) is 31.5 Å². The van der Waals surface area contributed by atoms with Crippen LogP contribution in [0.25, 0.3) is 4.96 Å². The number of hydrogen-bond donors (Lipinski definition) is 1. The van der Waals surface area contributed by atoms with Crippen molar-refractivity contribution in [3.05, 3.63) is 40.5 Å². The molecule has 0 aliphatic rings. The van der Waals surface area contributed by atoms with Gasteiger partial charge in [-0.1, -0.05) is 23.5 Å². The van der Waals surface area contributed by atoms with Crippen molar-refractivity contribution in [2.24, 2.45) is 0 Å². The maximum absolute atomic E-state index is 12.7. The predicted molar refractivity (Wildman–Crippen MR) is 95.1 cm³/mol. The van der Waals surface area contributed by atoms with E-state index in [1.165, 1.54) is 15.9 Å². The maximum Gasteiger partial charge on any atom is 0.260 e. The largest absolute Gasteiger partial charge is 0.378 e. The highest BCUT2D eigenvalue weighted by Gasteiger charge is 2.25. The zero-order valence-corrected chi connectivity index (χ0v) is 15.6. The molecule has 128 valence electrons. The van der Waals surface area contributed by atoms with Gasteiger partial charge < -0.3 is 4.90 Å². The van der Waals surface area contributed by atoms with Crippen LogP contribution in [-0.2, 0) is 16.6 Å². The fourth-order valence-corrected chi connectivity index (χ4v) is 4.52. The van der Waals surface area contributed by atoms with E-state index in [0.717, 1.165) is 16.3 Å². The Morgan fingerprint density at radius 2 is 1.88 bits per heavy atom. The lowest BCUT2D eigenvalue weighted by atomic mass is 10.2. The molecular weight excluding hydrogens is 346 g/mol. The summed E-state index contributed by atoms with van der Waals surface area (Å²) in [6, 6.07) is 7.72. The van der Waals surface area contributed by atoms with Gasteiger partial charge in [-0.15, -0.1) is 0 Å². The first-order chi connectivity index (χ1) is 11.3. The molecule has 0 radical (unpaired) electrons. The molecule has 1 aromatic carbocycles. The van der Waals surface area contributed by atoms with Gasteiger partial charge in [-0.25, -0.2) is 18.1 Å². The SMILES string of the molecule is Cc1nn2c(S(=O)(=O)NCc3ccc(N(C)C)cc3)c(C)nc2s1. The Morgan fingerprint density at radius 3 is 2.50 bits per heavy atom. The molecule has 3 rings (SSSR count). The lowest BCUT2D eigenvalue weighted by Gasteiger charge is -2.13. The van der Waals surface area contributed by atoms with Gasteiger partial charge in [0.2, 0.25) is 4.96 Å². The van der Waals surface area contributed by atoms with Crippen molar-refractivity contribution in [3.63, 3.8) is 0 Å². The van der Waals surface area contributed by atoms with E-state index in [1.807, 2.05) is 50.2 Å². The zero-order valence-electron chi connectivity index (χ0n) is 13.9. The molecule has 1 N–H and O–H groups in total. The molecule has 9 heteroatoms. The van der Waals surface area contributed by atoms with E-state index in [4.69, 9.17) is 0 Å². The van der Waals surface area contributed by atoms with Gasteiger partial charge in [0.25, 0.3) is 10.0 Å². The smallest absolute Gasteiger partial charge is 0.260 e. The summed E-state index contributed by atoms with van der Waals surface area (Å²) in [6.45, 7) is 3.72. The van der Waals surface area contributed by atoms with Gasteiger partial charge in [0.05, 0.1) is 5.69 Å². The van der Waals surface area contributed by atoms with Crippen molar-refractivity contribution in [1.82, 2.24) is 19.3 Å². The van der Waals surface area contributed by atoms with Crippen molar-refractivity contribution in [2.75, 3.05) is 19.0 Å². The number of rotatable bonds is 5. The summed E-state index contributed by atoms with van der Waals surface area (Å²) in [5.41, 5.74) is 2.40. The van der Waals surface area contributed by atoms with Crippen LogP contribution in [-0.4, -0.2) is 37.1 Å². The monoisotopic (exact) mass is 365 g/mol. The molecule has 2 aromatic heterocycles. The molecule has 0 bridgehead atoms. The summed E-state index contributed by atoms with van der Waals surface area (Å²) >= 11 is 1.37. The number of anilines is 1. The van der Waals surface area contributed by atoms with Gasteiger partial charge in [0.15, 0.2) is 5.03 Å². The summed E-state index contributed by atoms with van der Waals surface area (Å²) in [6.07, 6.45) is 0. The van der Waals surface area contributed by atoms with Crippen molar-refractivity contribution in [1.29, 1.82) is 0 Å². The highest BCUT2D eigenvalue weighted by atomic mass is 32.2. The second-order valence-electron chi connectivity index (χ2n) is 5.70. The van der Waals surface area contributed by atoms with Crippen LogP contribution in [0.2, 0.25) is 0 Å². The van der Waals surface area contributed by atoms with Crippen molar-refractivity contribution in [2.45, 2.75) is 25.4 Å². The predicted octanol–water partition coefficient (Wildman–Crippen LogP) is 1.95. The van der Waals surface area contributed by atoms with E-state index in [-0.39, 0.29) is 11.6 Å². The van der Waals surface area contributed by atoms with Gasteiger partial charge in [-0.3, -0.25) is 0 Å². The maximum atomic E-state index is 12.7. The molecule has 0 atom stereocenters. The number of aromatic nitrogens is 3. The average molecular weight is 365 g/mol. The third-order valence-electron chi connectivity index (χ3n) is 3.60. The molecule has 7 nitrogen and oxygen atoms in total. The summed E-state index contributed by atoms with van der Waals surface area (Å²) in [5.74, 6) is 0. The van der Waals surface area contributed by atoms with E-state index >= 15 is 0 Å². The molecule has 3 aromatic rings. The van der Waals surface area contributed by atoms with Gasteiger partial charge >= 0.3 is 0 Å². The number of fused-ring (bicyclic) bond motifs is 1. The quantitative estimate of drug-likeness (QED) is 0.748. The first-order valence-corrected chi connectivity index (χ1v) is 9.66. The van der Waals surface area contributed by atoms with Gasteiger partial charge in [0.1, 0.15) is 5.01 Å². The van der Waals surface area contributed by atoms with Crippen molar-refractivity contribution >= 4 is 32.0 Å². The lowest BCUT2D eigenvalue weighted by Crippen LogP contribution is -2.25. The Morgan fingerprint density at radius 1 is 1.21 bits per heavy atom.